The van der Waals surface area contributed by atoms with E-state index in [2.05, 4.69) is 9.84 Å². The topological polar surface area (TPSA) is 64.3 Å². The Labute approximate surface area is 75.9 Å². The van der Waals surface area contributed by atoms with Crippen LogP contribution < -0.4 is 0 Å². The second kappa shape index (κ2) is 4.04. The van der Waals surface area contributed by atoms with Crippen molar-refractivity contribution in [3.63, 3.8) is 0 Å². The lowest BCUT2D eigenvalue weighted by Crippen LogP contribution is -2.24. The number of esters is 1. The first kappa shape index (κ1) is 9.73. The van der Waals surface area contributed by atoms with E-state index >= 15 is 0 Å². The van der Waals surface area contributed by atoms with Gasteiger partial charge in [0.1, 0.15) is 0 Å². The molecule has 5 nitrogen and oxygen atoms in total. The monoisotopic (exact) mass is 184 g/mol. The largest absolute Gasteiger partial charge is 0.467 e. The van der Waals surface area contributed by atoms with Gasteiger partial charge in [-0.05, 0) is 6.07 Å². The number of aromatic nitrogens is 2. The first-order valence-corrected chi connectivity index (χ1v) is 3.88. The molecule has 0 amide bonds. The summed E-state index contributed by atoms with van der Waals surface area (Å²) in [4.78, 5) is 10.8. The third-order valence-electron chi connectivity index (χ3n) is 1.64. The fraction of sp³-hybridized carbons (Fsp3) is 0.500. The minimum absolute atomic E-state index is 0.188. The number of aliphatic hydroxyl groups excluding tert-OH is 1. The molecule has 0 bridgehead atoms. The molecule has 0 radical (unpaired) electrons. The highest BCUT2D eigenvalue weighted by Gasteiger charge is 2.16. The van der Waals surface area contributed by atoms with Gasteiger partial charge in [0.2, 0.25) is 0 Å². The minimum atomic E-state index is -1.13. The second-order valence-corrected chi connectivity index (χ2v) is 2.72. The van der Waals surface area contributed by atoms with Crippen LogP contribution in [0.4, 0.5) is 0 Å². The number of hydrogen-bond acceptors (Lipinski definition) is 4. The molecule has 1 unspecified atom stereocenters. The number of aryl methyl sites for hydroxylation is 1. The van der Waals surface area contributed by atoms with Gasteiger partial charge >= 0.3 is 5.97 Å². The summed E-state index contributed by atoms with van der Waals surface area (Å²) in [5.74, 6) is -0.634. The Morgan fingerprint density at radius 1 is 1.85 bits per heavy atom. The lowest BCUT2D eigenvalue weighted by molar-refractivity contribution is -0.150. The summed E-state index contributed by atoms with van der Waals surface area (Å²) in [5.41, 5.74) is 0.667. The van der Waals surface area contributed by atoms with E-state index in [1.165, 1.54) is 7.11 Å². The number of methoxy groups -OCH3 is 1. The van der Waals surface area contributed by atoms with Crippen LogP contribution in [-0.2, 0) is 23.0 Å². The average Bonchev–Trinajstić information content (AvgIpc) is 2.49. The van der Waals surface area contributed by atoms with Crippen LogP contribution in [0.2, 0.25) is 0 Å². The molecule has 0 saturated heterocycles. The Bertz CT molecular complexity index is 295. The van der Waals surface area contributed by atoms with Crippen LogP contribution in [0.3, 0.4) is 0 Å². The van der Waals surface area contributed by atoms with E-state index in [1.807, 2.05) is 0 Å². The number of carbonyl (C=O) groups is 1. The maximum atomic E-state index is 10.8. The van der Waals surface area contributed by atoms with E-state index in [1.54, 1.807) is 24.0 Å². The molecule has 0 fully saturated rings. The van der Waals surface area contributed by atoms with Crippen molar-refractivity contribution >= 4 is 5.97 Å². The zero-order valence-electron chi connectivity index (χ0n) is 7.60. The molecule has 72 valence electrons. The first-order chi connectivity index (χ1) is 6.13. The van der Waals surface area contributed by atoms with E-state index in [-0.39, 0.29) is 6.42 Å². The summed E-state index contributed by atoms with van der Waals surface area (Å²) >= 11 is 0. The molecule has 0 saturated carbocycles. The maximum Gasteiger partial charge on any atom is 0.335 e. The SMILES string of the molecule is COC(=O)C(O)Cc1ccn(C)n1. The summed E-state index contributed by atoms with van der Waals surface area (Å²) in [6, 6.07) is 1.74. The normalized spacial score (nSPS) is 12.5. The van der Waals surface area contributed by atoms with Crippen LogP contribution in [0.5, 0.6) is 0 Å². The molecule has 1 heterocycles. The summed E-state index contributed by atoms with van der Waals surface area (Å²) in [6.07, 6.45) is 0.812. The fourth-order valence-corrected chi connectivity index (χ4v) is 0.990. The Hall–Kier alpha value is -1.36. The molecule has 1 N–H and O–H groups in total. The molecule has 0 aliphatic carbocycles. The van der Waals surface area contributed by atoms with Crippen LogP contribution in [0.25, 0.3) is 0 Å². The molecular formula is C8H12N2O3. The van der Waals surface area contributed by atoms with Gasteiger partial charge in [-0.3, -0.25) is 4.68 Å². The zero-order chi connectivity index (χ0) is 9.84. The van der Waals surface area contributed by atoms with Crippen molar-refractivity contribution in [2.45, 2.75) is 12.5 Å². The Balaban J connectivity index is 2.54. The predicted molar refractivity (Wildman–Crippen MR) is 44.9 cm³/mol. The van der Waals surface area contributed by atoms with Crippen molar-refractivity contribution in [2.75, 3.05) is 7.11 Å². The smallest absolute Gasteiger partial charge is 0.335 e. The minimum Gasteiger partial charge on any atom is -0.467 e. The van der Waals surface area contributed by atoms with E-state index in [0.29, 0.717) is 5.69 Å². The summed E-state index contributed by atoms with van der Waals surface area (Å²) < 4.78 is 5.98. The molecule has 0 spiro atoms. The van der Waals surface area contributed by atoms with E-state index in [4.69, 9.17) is 0 Å². The summed E-state index contributed by atoms with van der Waals surface area (Å²) in [7, 11) is 3.01. The summed E-state index contributed by atoms with van der Waals surface area (Å²) in [6.45, 7) is 0. The van der Waals surface area contributed by atoms with E-state index < -0.39 is 12.1 Å². The van der Waals surface area contributed by atoms with Crippen LogP contribution in [0, 0.1) is 0 Å². The second-order valence-electron chi connectivity index (χ2n) is 2.72. The standard InChI is InChI=1S/C8H12N2O3/c1-10-4-3-6(9-10)5-7(11)8(12)13-2/h3-4,7,11H,5H2,1-2H3. The van der Waals surface area contributed by atoms with Gasteiger partial charge in [0, 0.05) is 19.7 Å². The van der Waals surface area contributed by atoms with Crippen molar-refractivity contribution in [3.05, 3.63) is 18.0 Å². The summed E-state index contributed by atoms with van der Waals surface area (Å²) in [5, 5.41) is 13.3. The van der Waals surface area contributed by atoms with Gasteiger partial charge in [0.15, 0.2) is 6.10 Å². The molecular weight excluding hydrogens is 172 g/mol. The van der Waals surface area contributed by atoms with Crippen molar-refractivity contribution in [2.24, 2.45) is 7.05 Å². The van der Waals surface area contributed by atoms with E-state index in [9.17, 15) is 9.90 Å². The number of rotatable bonds is 3. The highest BCUT2D eigenvalue weighted by molar-refractivity contribution is 5.74. The van der Waals surface area contributed by atoms with Gasteiger partial charge in [0.05, 0.1) is 12.8 Å². The predicted octanol–water partition coefficient (Wildman–Crippen LogP) is -0.504. The van der Waals surface area contributed by atoms with Gasteiger partial charge in [-0.1, -0.05) is 0 Å². The average molecular weight is 184 g/mol. The van der Waals surface area contributed by atoms with Crippen molar-refractivity contribution < 1.29 is 14.6 Å². The molecule has 0 aliphatic rings. The van der Waals surface area contributed by atoms with Gasteiger partial charge in [0.25, 0.3) is 0 Å². The number of aliphatic hydroxyl groups is 1. The molecule has 1 rings (SSSR count). The number of ether oxygens (including phenoxy) is 1. The van der Waals surface area contributed by atoms with Crippen molar-refractivity contribution in [1.82, 2.24) is 9.78 Å². The fourth-order valence-electron chi connectivity index (χ4n) is 0.990. The third kappa shape index (κ3) is 2.55. The number of carbonyl (C=O) groups excluding carboxylic acids is 1. The van der Waals surface area contributed by atoms with Crippen molar-refractivity contribution in [1.29, 1.82) is 0 Å². The lowest BCUT2D eigenvalue weighted by atomic mass is 10.2. The zero-order valence-corrected chi connectivity index (χ0v) is 7.60. The maximum absolute atomic E-state index is 10.8. The van der Waals surface area contributed by atoms with Gasteiger partial charge in [-0.2, -0.15) is 5.10 Å². The molecule has 1 aromatic rings. The number of nitrogens with zero attached hydrogens (tertiary/aromatic N) is 2. The quantitative estimate of drug-likeness (QED) is 0.643. The molecule has 0 aliphatic heterocycles. The van der Waals surface area contributed by atoms with Crippen molar-refractivity contribution in [3.8, 4) is 0 Å². The molecule has 1 atom stereocenters. The highest BCUT2D eigenvalue weighted by atomic mass is 16.5. The lowest BCUT2D eigenvalue weighted by Gasteiger charge is -2.05. The Morgan fingerprint density at radius 3 is 3.00 bits per heavy atom. The van der Waals surface area contributed by atoms with E-state index in [0.717, 1.165) is 0 Å². The van der Waals surface area contributed by atoms with Crippen LogP contribution >= 0.6 is 0 Å². The van der Waals surface area contributed by atoms with Crippen LogP contribution in [-0.4, -0.2) is 34.1 Å². The van der Waals surface area contributed by atoms with Crippen LogP contribution in [0.15, 0.2) is 12.3 Å². The third-order valence-corrected chi connectivity index (χ3v) is 1.64. The van der Waals surface area contributed by atoms with Gasteiger partial charge in [-0.25, -0.2) is 4.79 Å². The molecule has 1 aromatic heterocycles. The first-order valence-electron chi connectivity index (χ1n) is 3.88. The highest BCUT2D eigenvalue weighted by Crippen LogP contribution is 2.00. The molecule has 13 heavy (non-hydrogen) atoms. The van der Waals surface area contributed by atoms with Crippen LogP contribution in [0.1, 0.15) is 5.69 Å². The Kier molecular flexibility index (Phi) is 3.02. The van der Waals surface area contributed by atoms with Gasteiger partial charge in [-0.15, -0.1) is 0 Å². The molecule has 0 aromatic carbocycles. The molecule has 5 heteroatoms. The van der Waals surface area contributed by atoms with Gasteiger partial charge < -0.3 is 9.84 Å². The number of hydrogen-bond donors (Lipinski definition) is 1. The Morgan fingerprint density at radius 2 is 2.54 bits per heavy atom.